The topological polar surface area (TPSA) is 99.5 Å². The fourth-order valence-electron chi connectivity index (χ4n) is 2.16. The molecule has 0 aromatic heterocycles. The van der Waals surface area contributed by atoms with Crippen LogP contribution in [-0.4, -0.2) is 28.0 Å². The van der Waals surface area contributed by atoms with E-state index in [2.05, 4.69) is 5.32 Å². The average molecular weight is 385 g/mol. The van der Waals surface area contributed by atoms with Gasteiger partial charge in [0.15, 0.2) is 5.57 Å². The van der Waals surface area contributed by atoms with Crippen LogP contribution in [0, 0.1) is 11.3 Å². The Kier molecular flexibility index (Phi) is 6.57. The Morgan fingerprint density at radius 1 is 1.19 bits per heavy atom. The Balaban J connectivity index is 2.17. The van der Waals surface area contributed by atoms with Crippen LogP contribution in [0.15, 0.2) is 71.3 Å². The van der Waals surface area contributed by atoms with Gasteiger partial charge >= 0.3 is 5.97 Å². The van der Waals surface area contributed by atoms with E-state index in [1.54, 1.807) is 49.4 Å². The number of anilines is 2. The zero-order valence-electron chi connectivity index (χ0n) is 14.9. The van der Waals surface area contributed by atoms with Crippen LogP contribution in [0.25, 0.3) is 0 Å². The van der Waals surface area contributed by atoms with Crippen LogP contribution in [0.2, 0.25) is 0 Å². The van der Waals surface area contributed by atoms with E-state index in [0.29, 0.717) is 11.4 Å². The summed E-state index contributed by atoms with van der Waals surface area (Å²) in [6, 6.07) is 16.5. The maximum atomic E-state index is 12.7. The number of nitrogens with zero attached hydrogens (tertiary/aromatic N) is 2. The molecule has 0 aliphatic heterocycles. The number of ether oxygens (including phenoxy) is 1. The Bertz CT molecular complexity index is 962. The number of carbonyl (C=O) groups is 1. The van der Waals surface area contributed by atoms with Crippen LogP contribution in [-0.2, 0) is 19.6 Å². The molecule has 0 aliphatic rings. The molecule has 0 bridgehead atoms. The van der Waals surface area contributed by atoms with Crippen LogP contribution in [0.1, 0.15) is 6.92 Å². The lowest BCUT2D eigenvalue weighted by atomic mass is 10.3. The fraction of sp³-hybridized carbons (Fsp3) is 0.158. The van der Waals surface area contributed by atoms with Crippen molar-refractivity contribution in [1.29, 1.82) is 5.26 Å². The van der Waals surface area contributed by atoms with Crippen molar-refractivity contribution < 1.29 is 17.9 Å². The van der Waals surface area contributed by atoms with Gasteiger partial charge in [-0.05, 0) is 43.3 Å². The van der Waals surface area contributed by atoms with Gasteiger partial charge in [0.05, 0.1) is 17.2 Å². The van der Waals surface area contributed by atoms with Gasteiger partial charge in [-0.1, -0.05) is 18.2 Å². The minimum absolute atomic E-state index is 0.120. The van der Waals surface area contributed by atoms with Crippen LogP contribution < -0.4 is 9.62 Å². The number of carbonyl (C=O) groups excluding carboxylic acids is 1. The Hall–Kier alpha value is -3.31. The second-order valence-corrected chi connectivity index (χ2v) is 7.34. The smallest absolute Gasteiger partial charge is 0.350 e. The minimum Gasteiger partial charge on any atom is -0.462 e. The highest BCUT2D eigenvalue weighted by molar-refractivity contribution is 7.92. The highest BCUT2D eigenvalue weighted by atomic mass is 32.2. The zero-order valence-corrected chi connectivity index (χ0v) is 15.7. The van der Waals surface area contributed by atoms with Gasteiger partial charge in [-0.15, -0.1) is 0 Å². The summed E-state index contributed by atoms with van der Waals surface area (Å²) in [6.45, 7) is 1.81. The van der Waals surface area contributed by atoms with Gasteiger partial charge in [0.25, 0.3) is 10.0 Å². The van der Waals surface area contributed by atoms with Crippen LogP contribution in [0.4, 0.5) is 11.4 Å². The molecule has 7 nitrogen and oxygen atoms in total. The number of nitriles is 1. The van der Waals surface area contributed by atoms with Gasteiger partial charge < -0.3 is 10.1 Å². The number of benzene rings is 2. The molecule has 0 atom stereocenters. The van der Waals surface area contributed by atoms with Gasteiger partial charge in [-0.3, -0.25) is 4.31 Å². The molecule has 0 heterocycles. The molecular formula is C19H19N3O4S. The molecule has 0 radical (unpaired) electrons. The molecule has 8 heteroatoms. The monoisotopic (exact) mass is 385 g/mol. The van der Waals surface area contributed by atoms with E-state index >= 15 is 0 Å². The van der Waals surface area contributed by atoms with Crippen molar-refractivity contribution in [2.45, 2.75) is 11.8 Å². The summed E-state index contributed by atoms with van der Waals surface area (Å²) in [4.78, 5) is 11.7. The molecule has 2 rings (SSSR count). The number of hydrogen-bond acceptors (Lipinski definition) is 6. The third kappa shape index (κ3) is 4.86. The maximum Gasteiger partial charge on any atom is 0.350 e. The number of sulfonamides is 1. The van der Waals surface area contributed by atoms with Crippen molar-refractivity contribution in [3.05, 3.63) is 66.4 Å². The van der Waals surface area contributed by atoms with Crippen molar-refractivity contribution in [2.75, 3.05) is 23.3 Å². The number of hydrogen-bond donors (Lipinski definition) is 1. The normalized spacial score (nSPS) is 11.4. The Morgan fingerprint density at radius 3 is 2.37 bits per heavy atom. The van der Waals surface area contributed by atoms with Crippen molar-refractivity contribution in [3.63, 3.8) is 0 Å². The first kappa shape index (κ1) is 20.0. The van der Waals surface area contributed by atoms with Crippen molar-refractivity contribution >= 4 is 27.4 Å². The molecule has 0 saturated carbocycles. The van der Waals surface area contributed by atoms with E-state index in [4.69, 9.17) is 10.00 Å². The number of rotatable bonds is 7. The molecule has 0 fully saturated rings. The van der Waals surface area contributed by atoms with Crippen LogP contribution in [0.5, 0.6) is 0 Å². The van der Waals surface area contributed by atoms with Crippen molar-refractivity contribution in [1.82, 2.24) is 0 Å². The van der Waals surface area contributed by atoms with E-state index in [1.165, 1.54) is 29.7 Å². The van der Waals surface area contributed by atoms with Gasteiger partial charge in [-0.2, -0.15) is 5.26 Å². The lowest BCUT2D eigenvalue weighted by Gasteiger charge is -2.19. The third-order valence-electron chi connectivity index (χ3n) is 3.63. The largest absolute Gasteiger partial charge is 0.462 e. The van der Waals surface area contributed by atoms with E-state index in [-0.39, 0.29) is 17.1 Å². The van der Waals surface area contributed by atoms with Gasteiger partial charge in [0.1, 0.15) is 6.07 Å². The van der Waals surface area contributed by atoms with Gasteiger partial charge in [0.2, 0.25) is 0 Å². The molecule has 0 aliphatic carbocycles. The Labute approximate surface area is 158 Å². The van der Waals surface area contributed by atoms with Crippen LogP contribution in [0.3, 0.4) is 0 Å². The minimum atomic E-state index is -3.70. The lowest BCUT2D eigenvalue weighted by molar-refractivity contribution is -0.138. The highest BCUT2D eigenvalue weighted by Gasteiger charge is 2.20. The Morgan fingerprint density at radius 2 is 1.81 bits per heavy atom. The van der Waals surface area contributed by atoms with E-state index < -0.39 is 16.0 Å². The second-order valence-electron chi connectivity index (χ2n) is 5.37. The molecule has 0 unspecified atom stereocenters. The van der Waals surface area contributed by atoms with Gasteiger partial charge in [-0.25, -0.2) is 13.2 Å². The molecule has 27 heavy (non-hydrogen) atoms. The third-order valence-corrected chi connectivity index (χ3v) is 5.43. The number of para-hydroxylation sites is 1. The lowest BCUT2D eigenvalue weighted by Crippen LogP contribution is -2.26. The fourth-order valence-corrected chi connectivity index (χ4v) is 3.35. The summed E-state index contributed by atoms with van der Waals surface area (Å²) in [7, 11) is -2.22. The molecule has 2 aromatic carbocycles. The summed E-state index contributed by atoms with van der Waals surface area (Å²) >= 11 is 0. The number of nitrogens with one attached hydrogen (secondary N) is 1. The highest BCUT2D eigenvalue weighted by Crippen LogP contribution is 2.22. The average Bonchev–Trinajstić information content (AvgIpc) is 2.69. The van der Waals surface area contributed by atoms with Crippen LogP contribution >= 0.6 is 0 Å². The first-order chi connectivity index (χ1) is 12.9. The quantitative estimate of drug-likeness (QED) is 0.447. The molecule has 0 spiro atoms. The molecular weight excluding hydrogens is 366 g/mol. The number of esters is 1. The second kappa shape index (κ2) is 8.87. The maximum absolute atomic E-state index is 12.7. The molecule has 0 amide bonds. The van der Waals surface area contributed by atoms with Gasteiger partial charge in [0, 0.05) is 18.9 Å². The predicted molar refractivity (Wildman–Crippen MR) is 102 cm³/mol. The molecule has 2 aromatic rings. The molecule has 140 valence electrons. The van der Waals surface area contributed by atoms with Crippen molar-refractivity contribution in [3.8, 4) is 6.07 Å². The SMILES string of the molecule is CCOC(=O)/C(C#N)=C/Nc1ccc(S(=O)(=O)N(C)c2ccccc2)cc1. The summed E-state index contributed by atoms with van der Waals surface area (Å²) in [5.41, 5.74) is 0.890. The first-order valence-corrected chi connectivity index (χ1v) is 9.52. The van der Waals surface area contributed by atoms with E-state index in [9.17, 15) is 13.2 Å². The predicted octanol–water partition coefficient (Wildman–Crippen LogP) is 2.89. The van der Waals surface area contributed by atoms with Crippen molar-refractivity contribution in [2.24, 2.45) is 0 Å². The summed E-state index contributed by atoms with van der Waals surface area (Å²) in [6.07, 6.45) is 1.22. The zero-order chi connectivity index (χ0) is 19.9. The molecule has 1 N–H and O–H groups in total. The summed E-state index contributed by atoms with van der Waals surface area (Å²) in [5, 5.41) is 11.8. The standard InChI is InChI=1S/C19H19N3O4S/c1-3-26-19(23)15(13-20)14-21-16-9-11-18(12-10-16)27(24,25)22(2)17-7-5-4-6-8-17/h4-12,14,21H,3H2,1-2H3/b15-14+. The van der Waals surface area contributed by atoms with E-state index in [1.807, 2.05) is 6.07 Å². The first-order valence-electron chi connectivity index (χ1n) is 8.08. The van der Waals surface area contributed by atoms with E-state index in [0.717, 1.165) is 0 Å². The summed E-state index contributed by atoms with van der Waals surface area (Å²) in [5.74, 6) is -0.726. The molecule has 0 saturated heterocycles. The summed E-state index contributed by atoms with van der Waals surface area (Å²) < 4.78 is 31.4.